The number of carbonyl (C=O) groups excluding carboxylic acids is 1. The van der Waals surface area contributed by atoms with E-state index in [0.717, 1.165) is 18.4 Å². The molecule has 0 saturated carbocycles. The number of nitrogens with zero attached hydrogens (tertiary/aromatic N) is 2. The molecular weight excluding hydrogens is 318 g/mol. The van der Waals surface area contributed by atoms with Crippen LogP contribution in [0, 0.1) is 0 Å². The van der Waals surface area contributed by atoms with Crippen molar-refractivity contribution < 1.29 is 9.32 Å². The number of pyridine rings is 1. The fourth-order valence-corrected chi connectivity index (χ4v) is 3.08. The van der Waals surface area contributed by atoms with E-state index in [4.69, 9.17) is 4.52 Å². The zero-order valence-corrected chi connectivity index (χ0v) is 13.8. The standard InChI is InChI=1S/C19H17N3O3/c1-22-8-7-15(10-18(22)23)19(24)20-17-11-16(21-25-17)14-6-5-12-3-2-4-13(12)9-14/h5-11H,2-4H2,1H3,(H,20,24). The third-order valence-corrected chi connectivity index (χ3v) is 4.51. The first kappa shape index (κ1) is 15.4. The summed E-state index contributed by atoms with van der Waals surface area (Å²) in [6.45, 7) is 0. The molecule has 1 N–H and O–H groups in total. The smallest absolute Gasteiger partial charge is 0.258 e. The van der Waals surface area contributed by atoms with Crippen molar-refractivity contribution in [1.82, 2.24) is 9.72 Å². The van der Waals surface area contributed by atoms with Crippen LogP contribution in [0.25, 0.3) is 11.3 Å². The summed E-state index contributed by atoms with van der Waals surface area (Å²) in [6, 6.07) is 10.8. The van der Waals surface area contributed by atoms with Gasteiger partial charge >= 0.3 is 0 Å². The van der Waals surface area contributed by atoms with Crippen LogP contribution in [-0.4, -0.2) is 15.6 Å². The Labute approximate surface area is 144 Å². The van der Waals surface area contributed by atoms with Crippen LogP contribution < -0.4 is 10.9 Å². The molecule has 4 rings (SSSR count). The molecule has 2 heterocycles. The first-order valence-corrected chi connectivity index (χ1v) is 8.17. The predicted octanol–water partition coefficient (Wildman–Crippen LogP) is 2.78. The monoisotopic (exact) mass is 335 g/mol. The van der Waals surface area contributed by atoms with Crippen molar-refractivity contribution in [3.63, 3.8) is 0 Å². The van der Waals surface area contributed by atoms with Crippen molar-refractivity contribution >= 4 is 11.8 Å². The molecule has 6 heteroatoms. The Morgan fingerprint density at radius 1 is 1.16 bits per heavy atom. The lowest BCUT2D eigenvalue weighted by Crippen LogP contribution is -2.19. The minimum absolute atomic E-state index is 0.246. The number of fused-ring (bicyclic) bond motifs is 1. The fourth-order valence-electron chi connectivity index (χ4n) is 3.08. The van der Waals surface area contributed by atoms with Crippen molar-refractivity contribution in [3.05, 3.63) is 69.6 Å². The van der Waals surface area contributed by atoms with Crippen LogP contribution >= 0.6 is 0 Å². The molecule has 1 aromatic carbocycles. The normalized spacial score (nSPS) is 12.8. The van der Waals surface area contributed by atoms with Crippen LogP contribution in [0.1, 0.15) is 27.9 Å². The van der Waals surface area contributed by atoms with Crippen LogP contribution in [0.4, 0.5) is 5.88 Å². The van der Waals surface area contributed by atoms with E-state index >= 15 is 0 Å². The van der Waals surface area contributed by atoms with Gasteiger partial charge in [-0.15, -0.1) is 0 Å². The summed E-state index contributed by atoms with van der Waals surface area (Å²) in [5, 5.41) is 6.67. The summed E-state index contributed by atoms with van der Waals surface area (Å²) in [5.41, 5.74) is 4.42. The van der Waals surface area contributed by atoms with Gasteiger partial charge in [0.25, 0.3) is 11.5 Å². The number of amides is 1. The van der Waals surface area contributed by atoms with Crippen LogP contribution in [-0.2, 0) is 19.9 Å². The molecule has 0 radical (unpaired) electrons. The number of benzene rings is 1. The predicted molar refractivity (Wildman–Crippen MR) is 93.6 cm³/mol. The minimum Gasteiger partial charge on any atom is -0.338 e. The van der Waals surface area contributed by atoms with E-state index in [1.807, 2.05) is 6.07 Å². The highest BCUT2D eigenvalue weighted by molar-refractivity contribution is 6.03. The molecule has 1 aliphatic carbocycles. The van der Waals surface area contributed by atoms with Crippen molar-refractivity contribution in [2.45, 2.75) is 19.3 Å². The van der Waals surface area contributed by atoms with Gasteiger partial charge in [-0.3, -0.25) is 14.9 Å². The molecule has 2 aromatic heterocycles. The van der Waals surface area contributed by atoms with Crippen molar-refractivity contribution in [3.8, 4) is 11.3 Å². The molecule has 0 atom stereocenters. The van der Waals surface area contributed by atoms with E-state index in [-0.39, 0.29) is 17.0 Å². The lowest BCUT2D eigenvalue weighted by Gasteiger charge is -2.02. The average molecular weight is 335 g/mol. The Morgan fingerprint density at radius 2 is 2.00 bits per heavy atom. The van der Waals surface area contributed by atoms with Crippen LogP contribution in [0.3, 0.4) is 0 Å². The first-order chi connectivity index (χ1) is 12.1. The summed E-state index contributed by atoms with van der Waals surface area (Å²) in [5.74, 6) is -0.157. The second-order valence-corrected chi connectivity index (χ2v) is 6.23. The molecule has 0 aliphatic heterocycles. The number of aromatic nitrogens is 2. The molecule has 0 unspecified atom stereocenters. The Kier molecular flexibility index (Phi) is 3.72. The topological polar surface area (TPSA) is 77.1 Å². The van der Waals surface area contributed by atoms with E-state index < -0.39 is 5.91 Å². The molecule has 25 heavy (non-hydrogen) atoms. The van der Waals surface area contributed by atoms with E-state index in [0.29, 0.717) is 5.69 Å². The number of nitrogens with one attached hydrogen (secondary N) is 1. The van der Waals surface area contributed by atoms with Gasteiger partial charge in [-0.25, -0.2) is 0 Å². The second kappa shape index (κ2) is 6.05. The Balaban J connectivity index is 1.54. The molecule has 1 aliphatic rings. The Hall–Kier alpha value is -3.15. The highest BCUT2D eigenvalue weighted by Gasteiger charge is 2.15. The van der Waals surface area contributed by atoms with Gasteiger partial charge in [0.2, 0.25) is 5.88 Å². The van der Waals surface area contributed by atoms with Crippen molar-refractivity contribution in [2.24, 2.45) is 7.05 Å². The zero-order valence-electron chi connectivity index (χ0n) is 13.8. The highest BCUT2D eigenvalue weighted by atomic mass is 16.5. The molecule has 1 amide bonds. The quantitative estimate of drug-likeness (QED) is 0.798. The molecule has 0 fully saturated rings. The maximum atomic E-state index is 12.2. The molecule has 3 aromatic rings. The maximum Gasteiger partial charge on any atom is 0.258 e. The minimum atomic E-state index is -0.408. The third kappa shape index (κ3) is 2.98. The Morgan fingerprint density at radius 3 is 2.84 bits per heavy atom. The second-order valence-electron chi connectivity index (χ2n) is 6.23. The molecule has 0 spiro atoms. The number of carbonyl (C=O) groups is 1. The van der Waals surface area contributed by atoms with Crippen molar-refractivity contribution in [1.29, 1.82) is 0 Å². The number of anilines is 1. The van der Waals surface area contributed by atoms with Gasteiger partial charge in [-0.05, 0) is 42.5 Å². The zero-order chi connectivity index (χ0) is 17.4. The maximum absolute atomic E-state index is 12.2. The fraction of sp³-hybridized carbons (Fsp3) is 0.211. The molecule has 6 nitrogen and oxygen atoms in total. The Bertz CT molecular complexity index is 1020. The largest absolute Gasteiger partial charge is 0.338 e. The summed E-state index contributed by atoms with van der Waals surface area (Å²) >= 11 is 0. The van der Waals surface area contributed by atoms with E-state index in [2.05, 4.69) is 22.6 Å². The average Bonchev–Trinajstić information content (AvgIpc) is 3.25. The van der Waals surface area contributed by atoms with Crippen LogP contribution in [0.2, 0.25) is 0 Å². The van der Waals surface area contributed by atoms with E-state index in [1.54, 1.807) is 25.4 Å². The molecule has 0 saturated heterocycles. The van der Waals surface area contributed by atoms with Gasteiger partial charge in [0.05, 0.1) is 0 Å². The SMILES string of the molecule is Cn1ccc(C(=O)Nc2cc(-c3ccc4c(c3)CCC4)no2)cc1=O. The van der Waals surface area contributed by atoms with Gasteiger partial charge < -0.3 is 9.09 Å². The van der Waals surface area contributed by atoms with Gasteiger partial charge in [0, 0.05) is 36.5 Å². The number of aryl methyl sites for hydroxylation is 3. The lowest BCUT2D eigenvalue weighted by molar-refractivity contribution is 0.102. The molecule has 0 bridgehead atoms. The van der Waals surface area contributed by atoms with Gasteiger partial charge in [-0.1, -0.05) is 17.3 Å². The van der Waals surface area contributed by atoms with Gasteiger partial charge in [0.1, 0.15) is 5.69 Å². The molecule has 126 valence electrons. The lowest BCUT2D eigenvalue weighted by atomic mass is 10.0. The third-order valence-electron chi connectivity index (χ3n) is 4.51. The van der Waals surface area contributed by atoms with Gasteiger partial charge in [0.15, 0.2) is 0 Å². The summed E-state index contributed by atoms with van der Waals surface area (Å²) in [6.07, 6.45) is 4.96. The number of hydrogen-bond donors (Lipinski definition) is 1. The summed E-state index contributed by atoms with van der Waals surface area (Å²) in [7, 11) is 1.63. The van der Waals surface area contributed by atoms with Crippen LogP contribution in [0.5, 0.6) is 0 Å². The van der Waals surface area contributed by atoms with Gasteiger partial charge in [-0.2, -0.15) is 0 Å². The highest BCUT2D eigenvalue weighted by Crippen LogP contribution is 2.28. The summed E-state index contributed by atoms with van der Waals surface area (Å²) < 4.78 is 6.62. The first-order valence-electron chi connectivity index (χ1n) is 8.17. The van der Waals surface area contributed by atoms with Crippen molar-refractivity contribution in [2.75, 3.05) is 5.32 Å². The van der Waals surface area contributed by atoms with E-state index in [1.165, 1.54) is 28.2 Å². The molecular formula is C19H17N3O3. The number of rotatable bonds is 3. The van der Waals surface area contributed by atoms with E-state index in [9.17, 15) is 9.59 Å². The van der Waals surface area contributed by atoms with Crippen LogP contribution in [0.15, 0.2) is 51.9 Å². The summed E-state index contributed by atoms with van der Waals surface area (Å²) in [4.78, 5) is 23.9. The number of hydrogen-bond acceptors (Lipinski definition) is 4.